The first-order valence-electron chi connectivity index (χ1n) is 8.19. The van der Waals surface area contributed by atoms with Crippen molar-refractivity contribution in [2.45, 2.75) is 76.6 Å². The standard InChI is InChI=1S/C16H31F3N2/c1-5-11-20-14(8-10-16(17,18)19)15(21(3)4)9-6-7-13(2)12-15/h13-14,20H,5-12H2,1-4H3. The Balaban J connectivity index is 2.88. The molecule has 0 spiro atoms. The Morgan fingerprint density at radius 1 is 1.33 bits per heavy atom. The molecular weight excluding hydrogens is 277 g/mol. The average molecular weight is 308 g/mol. The van der Waals surface area contributed by atoms with Crippen LogP contribution in [0.2, 0.25) is 0 Å². The minimum absolute atomic E-state index is 0.0863. The summed E-state index contributed by atoms with van der Waals surface area (Å²) in [5.74, 6) is 0.581. The normalized spacial score (nSPS) is 28.9. The Bertz CT molecular complexity index is 304. The van der Waals surface area contributed by atoms with Crippen molar-refractivity contribution < 1.29 is 13.2 Å². The van der Waals surface area contributed by atoms with Crippen LogP contribution in [0.5, 0.6) is 0 Å². The Labute approximate surface area is 127 Å². The number of halogens is 3. The molecule has 0 radical (unpaired) electrons. The van der Waals surface area contributed by atoms with Gasteiger partial charge in [-0.1, -0.05) is 26.7 Å². The molecular formula is C16H31F3N2. The summed E-state index contributed by atoms with van der Waals surface area (Å²) in [5.41, 5.74) is -0.141. The molecule has 1 aliphatic rings. The summed E-state index contributed by atoms with van der Waals surface area (Å²) in [6, 6.07) is -0.0863. The molecule has 0 amide bonds. The third-order valence-corrected chi connectivity index (χ3v) is 4.91. The second-order valence-corrected chi connectivity index (χ2v) is 6.86. The summed E-state index contributed by atoms with van der Waals surface area (Å²) in [7, 11) is 4.04. The molecule has 0 bridgehead atoms. The lowest BCUT2D eigenvalue weighted by Gasteiger charge is -2.50. The minimum Gasteiger partial charge on any atom is -0.312 e. The fourth-order valence-electron chi connectivity index (χ4n) is 3.79. The number of nitrogens with one attached hydrogen (secondary N) is 1. The largest absolute Gasteiger partial charge is 0.389 e. The highest BCUT2D eigenvalue weighted by atomic mass is 19.4. The average Bonchev–Trinajstić information content (AvgIpc) is 2.37. The Morgan fingerprint density at radius 2 is 2.00 bits per heavy atom. The van der Waals surface area contributed by atoms with Crippen molar-refractivity contribution in [3.63, 3.8) is 0 Å². The Kier molecular flexibility index (Phi) is 6.98. The lowest BCUT2D eigenvalue weighted by atomic mass is 9.70. The topological polar surface area (TPSA) is 15.3 Å². The van der Waals surface area contributed by atoms with E-state index in [1.165, 1.54) is 6.42 Å². The Morgan fingerprint density at radius 3 is 2.48 bits per heavy atom. The third kappa shape index (κ3) is 5.44. The van der Waals surface area contributed by atoms with Crippen LogP contribution >= 0.6 is 0 Å². The summed E-state index contributed by atoms with van der Waals surface area (Å²) in [6.07, 6.45) is 0.627. The van der Waals surface area contributed by atoms with E-state index >= 15 is 0 Å². The third-order valence-electron chi connectivity index (χ3n) is 4.91. The zero-order chi connectivity index (χ0) is 16.1. The number of rotatable bonds is 7. The minimum atomic E-state index is -4.07. The highest BCUT2D eigenvalue weighted by Crippen LogP contribution is 2.40. The van der Waals surface area contributed by atoms with Crippen molar-refractivity contribution in [2.75, 3.05) is 20.6 Å². The highest BCUT2D eigenvalue weighted by molar-refractivity contribution is 5.02. The van der Waals surface area contributed by atoms with E-state index in [1.807, 2.05) is 14.1 Å². The van der Waals surface area contributed by atoms with Gasteiger partial charge in [0.2, 0.25) is 0 Å². The molecule has 0 aromatic heterocycles. The maximum atomic E-state index is 12.7. The van der Waals surface area contributed by atoms with Crippen molar-refractivity contribution in [1.29, 1.82) is 0 Å². The molecule has 1 saturated carbocycles. The zero-order valence-electron chi connectivity index (χ0n) is 13.9. The molecule has 1 fully saturated rings. The van der Waals surface area contributed by atoms with E-state index < -0.39 is 12.6 Å². The molecule has 126 valence electrons. The first-order chi connectivity index (χ1) is 9.71. The van der Waals surface area contributed by atoms with Gasteiger partial charge < -0.3 is 10.2 Å². The molecule has 1 N–H and O–H groups in total. The SMILES string of the molecule is CCCNC(CCC(F)(F)F)C1(N(C)C)CCCC(C)C1. The van der Waals surface area contributed by atoms with E-state index in [4.69, 9.17) is 0 Å². The van der Waals surface area contributed by atoms with Gasteiger partial charge >= 0.3 is 6.18 Å². The molecule has 2 nitrogen and oxygen atoms in total. The number of hydrogen-bond donors (Lipinski definition) is 1. The zero-order valence-corrected chi connectivity index (χ0v) is 13.9. The van der Waals surface area contributed by atoms with Crippen molar-refractivity contribution in [1.82, 2.24) is 10.2 Å². The first kappa shape index (κ1) is 18.8. The molecule has 0 heterocycles. The highest BCUT2D eigenvalue weighted by Gasteiger charge is 2.44. The van der Waals surface area contributed by atoms with Gasteiger partial charge in [-0.3, -0.25) is 0 Å². The molecule has 1 aliphatic carbocycles. The van der Waals surface area contributed by atoms with Gasteiger partial charge in [0.05, 0.1) is 0 Å². The van der Waals surface area contributed by atoms with Gasteiger partial charge in [-0.05, 0) is 52.2 Å². The fourth-order valence-corrected chi connectivity index (χ4v) is 3.79. The predicted octanol–water partition coefficient (Wildman–Crippen LogP) is 4.21. The van der Waals surface area contributed by atoms with Gasteiger partial charge in [0.25, 0.3) is 0 Å². The van der Waals surface area contributed by atoms with Gasteiger partial charge in [-0.2, -0.15) is 13.2 Å². The lowest BCUT2D eigenvalue weighted by Crippen LogP contribution is -2.61. The summed E-state index contributed by atoms with van der Waals surface area (Å²) in [6.45, 7) is 5.06. The van der Waals surface area contributed by atoms with E-state index in [0.717, 1.165) is 32.2 Å². The van der Waals surface area contributed by atoms with Crippen molar-refractivity contribution in [3.8, 4) is 0 Å². The molecule has 5 heteroatoms. The molecule has 1 rings (SSSR count). The monoisotopic (exact) mass is 308 g/mol. The van der Waals surface area contributed by atoms with Crippen LogP contribution < -0.4 is 5.32 Å². The smallest absolute Gasteiger partial charge is 0.312 e. The molecule has 3 unspecified atom stereocenters. The van der Waals surface area contributed by atoms with E-state index in [9.17, 15) is 13.2 Å². The van der Waals surface area contributed by atoms with Crippen LogP contribution in [-0.4, -0.2) is 43.3 Å². The van der Waals surface area contributed by atoms with E-state index in [-0.39, 0.29) is 18.0 Å². The number of nitrogens with zero attached hydrogens (tertiary/aromatic N) is 1. The number of hydrogen-bond acceptors (Lipinski definition) is 2. The van der Waals surface area contributed by atoms with Crippen LogP contribution in [0.15, 0.2) is 0 Å². The second kappa shape index (κ2) is 7.82. The molecule has 0 aromatic carbocycles. The van der Waals surface area contributed by atoms with Gasteiger partial charge in [0.15, 0.2) is 0 Å². The van der Waals surface area contributed by atoms with Crippen LogP contribution in [0.25, 0.3) is 0 Å². The molecule has 0 aliphatic heterocycles. The molecule has 3 atom stereocenters. The lowest BCUT2D eigenvalue weighted by molar-refractivity contribution is -0.139. The fraction of sp³-hybridized carbons (Fsp3) is 1.00. The molecule has 0 aromatic rings. The van der Waals surface area contributed by atoms with Gasteiger partial charge in [-0.15, -0.1) is 0 Å². The summed E-state index contributed by atoms with van der Waals surface area (Å²) >= 11 is 0. The van der Waals surface area contributed by atoms with Crippen molar-refractivity contribution in [3.05, 3.63) is 0 Å². The van der Waals surface area contributed by atoms with Crippen LogP contribution in [0.1, 0.15) is 58.8 Å². The van der Waals surface area contributed by atoms with Gasteiger partial charge in [0, 0.05) is 18.0 Å². The van der Waals surface area contributed by atoms with Gasteiger partial charge in [0.1, 0.15) is 0 Å². The van der Waals surface area contributed by atoms with E-state index in [2.05, 4.69) is 24.1 Å². The quantitative estimate of drug-likeness (QED) is 0.758. The molecule has 0 saturated heterocycles. The summed E-state index contributed by atoms with van der Waals surface area (Å²) < 4.78 is 38.0. The summed E-state index contributed by atoms with van der Waals surface area (Å²) in [4.78, 5) is 2.17. The van der Waals surface area contributed by atoms with Crippen molar-refractivity contribution in [2.24, 2.45) is 5.92 Å². The second-order valence-electron chi connectivity index (χ2n) is 6.86. The predicted molar refractivity (Wildman–Crippen MR) is 81.4 cm³/mol. The van der Waals surface area contributed by atoms with Crippen LogP contribution in [0, 0.1) is 5.92 Å². The number of likely N-dealkylation sites (N-methyl/N-ethyl adjacent to an activating group) is 1. The van der Waals surface area contributed by atoms with Gasteiger partial charge in [-0.25, -0.2) is 0 Å². The van der Waals surface area contributed by atoms with E-state index in [1.54, 1.807) is 0 Å². The first-order valence-corrected chi connectivity index (χ1v) is 8.19. The van der Waals surface area contributed by atoms with Crippen LogP contribution in [0.4, 0.5) is 13.2 Å². The number of alkyl halides is 3. The van der Waals surface area contributed by atoms with Crippen molar-refractivity contribution >= 4 is 0 Å². The molecule has 21 heavy (non-hydrogen) atoms. The van der Waals surface area contributed by atoms with Crippen LogP contribution in [-0.2, 0) is 0 Å². The maximum Gasteiger partial charge on any atom is 0.389 e. The Hall–Kier alpha value is -0.290. The summed E-state index contributed by atoms with van der Waals surface area (Å²) in [5, 5.41) is 3.41. The van der Waals surface area contributed by atoms with E-state index in [0.29, 0.717) is 5.92 Å². The van der Waals surface area contributed by atoms with Crippen LogP contribution in [0.3, 0.4) is 0 Å². The maximum absolute atomic E-state index is 12.7.